The van der Waals surface area contributed by atoms with Gasteiger partial charge in [-0.05, 0) is 66.3 Å². The summed E-state index contributed by atoms with van der Waals surface area (Å²) >= 11 is 0. The average Bonchev–Trinajstić information content (AvgIpc) is 3.68. The SMILES string of the molecule is CNC(=O)c1c(-c2ccc(F)cc2)oc2cc(NS(=O)(=O)Cc3ccc([N+](=O)[O-])c(C#N)c3)c(C3CC3)cc12. The van der Waals surface area contributed by atoms with Gasteiger partial charge < -0.3 is 9.73 Å². The van der Waals surface area contributed by atoms with Crippen LogP contribution in [0.25, 0.3) is 22.3 Å². The summed E-state index contributed by atoms with van der Waals surface area (Å²) in [6, 6.07) is 14.0. The highest BCUT2D eigenvalue weighted by Gasteiger charge is 2.31. The van der Waals surface area contributed by atoms with E-state index >= 15 is 0 Å². The van der Waals surface area contributed by atoms with Crippen LogP contribution in [0, 0.1) is 27.3 Å². The number of halogens is 1. The minimum Gasteiger partial charge on any atom is -0.455 e. The molecular weight excluding hydrogens is 527 g/mol. The summed E-state index contributed by atoms with van der Waals surface area (Å²) in [4.78, 5) is 23.3. The van der Waals surface area contributed by atoms with E-state index in [0.29, 0.717) is 16.5 Å². The van der Waals surface area contributed by atoms with Gasteiger partial charge in [-0.25, -0.2) is 12.8 Å². The second kappa shape index (κ2) is 9.85. The molecule has 10 nitrogen and oxygen atoms in total. The minimum absolute atomic E-state index is 0.0818. The summed E-state index contributed by atoms with van der Waals surface area (Å²) in [5, 5.41) is 23.4. The number of nitro groups is 1. The number of sulfonamides is 1. The van der Waals surface area contributed by atoms with Crippen molar-refractivity contribution in [1.82, 2.24) is 5.32 Å². The number of carbonyl (C=O) groups excluding carboxylic acids is 1. The number of nitro benzene ring substituents is 1. The summed E-state index contributed by atoms with van der Waals surface area (Å²) in [6.07, 6.45) is 1.68. The number of furan rings is 1. The molecule has 1 fully saturated rings. The highest BCUT2D eigenvalue weighted by atomic mass is 32.2. The highest BCUT2D eigenvalue weighted by molar-refractivity contribution is 7.91. The molecule has 0 radical (unpaired) electrons. The Bertz CT molecular complexity index is 1790. The Morgan fingerprint density at radius 2 is 1.90 bits per heavy atom. The van der Waals surface area contributed by atoms with Crippen molar-refractivity contribution in [2.24, 2.45) is 0 Å². The molecule has 2 N–H and O–H groups in total. The maximum Gasteiger partial charge on any atom is 0.287 e. The molecule has 1 aliphatic rings. The Labute approximate surface area is 222 Å². The first-order chi connectivity index (χ1) is 18.6. The zero-order valence-corrected chi connectivity index (χ0v) is 21.3. The predicted molar refractivity (Wildman–Crippen MR) is 141 cm³/mol. The van der Waals surface area contributed by atoms with Crippen molar-refractivity contribution in [3.63, 3.8) is 0 Å². The Balaban J connectivity index is 1.56. The first-order valence-corrected chi connectivity index (χ1v) is 13.5. The molecule has 0 bridgehead atoms. The second-order valence-electron chi connectivity index (χ2n) is 9.18. The summed E-state index contributed by atoms with van der Waals surface area (Å²) in [5.41, 5.74) is 1.54. The zero-order valence-electron chi connectivity index (χ0n) is 20.5. The van der Waals surface area contributed by atoms with Crippen LogP contribution in [-0.2, 0) is 15.8 Å². The molecular formula is C27H21FN4O6S. The lowest BCUT2D eigenvalue weighted by atomic mass is 10.0. The molecule has 0 saturated heterocycles. The number of rotatable bonds is 8. The van der Waals surface area contributed by atoms with Gasteiger partial charge in [0.05, 0.1) is 21.9 Å². The van der Waals surface area contributed by atoms with Gasteiger partial charge in [0.25, 0.3) is 11.6 Å². The quantitative estimate of drug-likeness (QED) is 0.226. The van der Waals surface area contributed by atoms with E-state index in [2.05, 4.69) is 10.0 Å². The van der Waals surface area contributed by atoms with Crippen molar-refractivity contribution in [2.75, 3.05) is 11.8 Å². The average molecular weight is 549 g/mol. The van der Waals surface area contributed by atoms with Crippen molar-refractivity contribution < 1.29 is 26.9 Å². The number of carbonyl (C=O) groups is 1. The van der Waals surface area contributed by atoms with Crippen LogP contribution in [0.5, 0.6) is 0 Å². The van der Waals surface area contributed by atoms with E-state index in [1.165, 1.54) is 49.5 Å². The van der Waals surface area contributed by atoms with Crippen molar-refractivity contribution in [3.8, 4) is 17.4 Å². The molecule has 198 valence electrons. The summed E-state index contributed by atoms with van der Waals surface area (Å²) in [6.45, 7) is 0. The third kappa shape index (κ3) is 5.17. The smallest absolute Gasteiger partial charge is 0.287 e. The third-order valence-corrected chi connectivity index (χ3v) is 7.68. The fourth-order valence-corrected chi connectivity index (χ4v) is 5.68. The van der Waals surface area contributed by atoms with Crippen LogP contribution < -0.4 is 10.0 Å². The number of nitrogens with one attached hydrogen (secondary N) is 2. The van der Waals surface area contributed by atoms with Crippen molar-refractivity contribution in [2.45, 2.75) is 24.5 Å². The van der Waals surface area contributed by atoms with Crippen LogP contribution in [0.4, 0.5) is 15.8 Å². The monoisotopic (exact) mass is 548 g/mol. The Morgan fingerprint density at radius 1 is 1.18 bits per heavy atom. The van der Waals surface area contributed by atoms with Gasteiger partial charge in [0.1, 0.15) is 28.8 Å². The number of anilines is 1. The molecule has 1 heterocycles. The number of hydrogen-bond acceptors (Lipinski definition) is 7. The number of fused-ring (bicyclic) bond motifs is 1. The van der Waals surface area contributed by atoms with Crippen molar-refractivity contribution in [3.05, 3.63) is 92.8 Å². The second-order valence-corrected chi connectivity index (χ2v) is 10.9. The first kappa shape index (κ1) is 25.9. The van der Waals surface area contributed by atoms with Crippen LogP contribution in [-0.4, -0.2) is 26.3 Å². The van der Waals surface area contributed by atoms with Crippen molar-refractivity contribution >= 4 is 38.3 Å². The summed E-state index contributed by atoms with van der Waals surface area (Å²) in [5.74, 6) is -1.07. The first-order valence-electron chi connectivity index (χ1n) is 11.9. The van der Waals surface area contributed by atoms with E-state index in [4.69, 9.17) is 4.42 Å². The van der Waals surface area contributed by atoms with E-state index in [-0.39, 0.29) is 39.6 Å². The van der Waals surface area contributed by atoms with E-state index < -0.39 is 38.1 Å². The fraction of sp³-hybridized carbons (Fsp3) is 0.185. The van der Waals surface area contributed by atoms with Crippen LogP contribution in [0.3, 0.4) is 0 Å². The largest absolute Gasteiger partial charge is 0.455 e. The van der Waals surface area contributed by atoms with Gasteiger partial charge in [-0.3, -0.25) is 19.6 Å². The highest BCUT2D eigenvalue weighted by Crippen LogP contribution is 2.47. The van der Waals surface area contributed by atoms with Gasteiger partial charge in [0.2, 0.25) is 10.0 Å². The lowest BCUT2D eigenvalue weighted by Gasteiger charge is -2.13. The minimum atomic E-state index is -4.02. The molecule has 12 heteroatoms. The molecule has 4 aromatic rings. The molecule has 0 unspecified atom stereocenters. The van der Waals surface area contributed by atoms with Gasteiger partial charge in [0, 0.05) is 30.1 Å². The predicted octanol–water partition coefficient (Wildman–Crippen LogP) is 5.20. The van der Waals surface area contributed by atoms with Crippen molar-refractivity contribution in [1.29, 1.82) is 5.26 Å². The maximum absolute atomic E-state index is 13.5. The molecule has 0 spiro atoms. The molecule has 1 aromatic heterocycles. The molecule has 39 heavy (non-hydrogen) atoms. The number of nitriles is 1. The van der Waals surface area contributed by atoms with Gasteiger partial charge in [-0.1, -0.05) is 6.07 Å². The number of benzene rings is 3. The fourth-order valence-electron chi connectivity index (χ4n) is 4.48. The van der Waals surface area contributed by atoms with Crippen LogP contribution in [0.15, 0.2) is 59.0 Å². The third-order valence-electron chi connectivity index (χ3n) is 6.44. The molecule has 1 saturated carbocycles. The summed E-state index contributed by atoms with van der Waals surface area (Å²) in [7, 11) is -2.53. The van der Waals surface area contributed by atoms with E-state index in [0.717, 1.165) is 18.9 Å². The lowest BCUT2D eigenvalue weighted by Crippen LogP contribution is -2.18. The summed E-state index contributed by atoms with van der Waals surface area (Å²) < 4.78 is 48.4. The molecule has 1 amide bonds. The number of amides is 1. The number of hydrogen-bond donors (Lipinski definition) is 2. The normalized spacial score (nSPS) is 13.2. The molecule has 3 aromatic carbocycles. The van der Waals surface area contributed by atoms with E-state index in [1.54, 1.807) is 12.1 Å². The van der Waals surface area contributed by atoms with Gasteiger partial charge in [0.15, 0.2) is 0 Å². The maximum atomic E-state index is 13.5. The standard InChI is InChI=1S/C27H21FN4O6S/c1-30-27(33)25-21-11-20(16-3-4-16)22(12-24(21)38-26(25)17-5-7-19(28)8-6-17)31-39(36,37)14-15-2-9-23(32(34)35)18(10-15)13-29/h2,5-12,16,31H,3-4,14H2,1H3,(H,30,33). The van der Waals surface area contributed by atoms with Gasteiger partial charge in [-0.2, -0.15) is 5.26 Å². The van der Waals surface area contributed by atoms with Gasteiger partial charge in [-0.15, -0.1) is 0 Å². The Kier molecular flexibility index (Phi) is 6.53. The lowest BCUT2D eigenvalue weighted by molar-refractivity contribution is -0.385. The molecule has 1 aliphatic carbocycles. The van der Waals surface area contributed by atoms with Crippen LogP contribution >= 0.6 is 0 Å². The van der Waals surface area contributed by atoms with Crippen LogP contribution in [0.1, 0.15) is 45.8 Å². The molecule has 5 rings (SSSR count). The Morgan fingerprint density at radius 3 is 2.51 bits per heavy atom. The van der Waals surface area contributed by atoms with E-state index in [9.17, 15) is 33.0 Å². The Hall–Kier alpha value is -4.76. The number of nitrogens with zero attached hydrogens (tertiary/aromatic N) is 2. The van der Waals surface area contributed by atoms with E-state index in [1.807, 2.05) is 0 Å². The zero-order chi connectivity index (χ0) is 27.9. The van der Waals surface area contributed by atoms with Crippen LogP contribution in [0.2, 0.25) is 0 Å². The topological polar surface area (TPSA) is 155 Å². The molecule has 0 atom stereocenters. The molecule has 0 aliphatic heterocycles. The van der Waals surface area contributed by atoms with Gasteiger partial charge >= 0.3 is 0 Å².